The molecule has 1 atom stereocenters. The molecule has 1 heterocycles. The van der Waals surface area contributed by atoms with Crippen molar-refractivity contribution in [3.63, 3.8) is 0 Å². The molecule has 2 N–H and O–H groups in total. The highest BCUT2D eigenvalue weighted by Crippen LogP contribution is 2.34. The van der Waals surface area contributed by atoms with Crippen LogP contribution in [-0.4, -0.2) is 47.2 Å². The summed E-state index contributed by atoms with van der Waals surface area (Å²) in [6, 6.07) is -0.0377. The molecular formula is C16H30N2O2. The molecule has 116 valence electrons. The number of aliphatic hydroxyl groups is 1. The Balaban J connectivity index is 1.90. The van der Waals surface area contributed by atoms with E-state index in [9.17, 15) is 9.90 Å². The predicted octanol–water partition coefficient (Wildman–Crippen LogP) is 1.92. The lowest BCUT2D eigenvalue weighted by molar-refractivity contribution is -0.141. The Labute approximate surface area is 122 Å². The zero-order valence-electron chi connectivity index (χ0n) is 13.0. The van der Waals surface area contributed by atoms with E-state index in [4.69, 9.17) is 0 Å². The Morgan fingerprint density at radius 3 is 2.60 bits per heavy atom. The molecule has 1 aliphatic carbocycles. The summed E-state index contributed by atoms with van der Waals surface area (Å²) in [7, 11) is 0. The Morgan fingerprint density at radius 1 is 1.30 bits per heavy atom. The van der Waals surface area contributed by atoms with Crippen molar-refractivity contribution in [3.05, 3.63) is 0 Å². The third kappa shape index (κ3) is 3.73. The van der Waals surface area contributed by atoms with E-state index >= 15 is 0 Å². The number of likely N-dealkylation sites (N-methyl/N-ethyl adjacent to an activating group) is 1. The molecule has 20 heavy (non-hydrogen) atoms. The minimum absolute atomic E-state index is 0.0377. The zero-order valence-corrected chi connectivity index (χ0v) is 13.0. The van der Waals surface area contributed by atoms with Gasteiger partial charge in [0.25, 0.3) is 0 Å². The third-order valence-corrected chi connectivity index (χ3v) is 5.08. The molecule has 2 aliphatic rings. The number of likely N-dealkylation sites (tertiary alicyclic amines) is 1. The Hall–Kier alpha value is -0.610. The Morgan fingerprint density at radius 2 is 2.00 bits per heavy atom. The van der Waals surface area contributed by atoms with Gasteiger partial charge >= 0.3 is 0 Å². The number of hydrogen-bond donors (Lipinski definition) is 2. The highest BCUT2D eigenvalue weighted by atomic mass is 16.3. The van der Waals surface area contributed by atoms with Crippen LogP contribution in [0.4, 0.5) is 0 Å². The van der Waals surface area contributed by atoms with Crippen LogP contribution in [0.15, 0.2) is 0 Å². The summed E-state index contributed by atoms with van der Waals surface area (Å²) in [6.45, 7) is 6.42. The number of carbonyl (C=O) groups is 1. The average Bonchev–Trinajstić information content (AvgIpc) is 2.44. The molecule has 4 heteroatoms. The van der Waals surface area contributed by atoms with Crippen LogP contribution in [0.25, 0.3) is 0 Å². The van der Waals surface area contributed by atoms with E-state index in [-0.39, 0.29) is 11.9 Å². The predicted molar refractivity (Wildman–Crippen MR) is 80.5 cm³/mol. The van der Waals surface area contributed by atoms with Crippen molar-refractivity contribution < 1.29 is 9.90 Å². The van der Waals surface area contributed by atoms with Gasteiger partial charge in [-0.3, -0.25) is 4.79 Å². The van der Waals surface area contributed by atoms with Crippen molar-refractivity contribution in [2.75, 3.05) is 19.6 Å². The lowest BCUT2D eigenvalue weighted by Gasteiger charge is -2.42. The fourth-order valence-electron chi connectivity index (χ4n) is 3.67. The van der Waals surface area contributed by atoms with Gasteiger partial charge in [0, 0.05) is 13.1 Å². The largest absolute Gasteiger partial charge is 0.388 e. The van der Waals surface area contributed by atoms with Gasteiger partial charge in [-0.1, -0.05) is 20.3 Å². The summed E-state index contributed by atoms with van der Waals surface area (Å²) in [5, 5.41) is 14.0. The third-order valence-electron chi connectivity index (χ3n) is 5.08. The Kier molecular flexibility index (Phi) is 5.44. The first-order valence-electron chi connectivity index (χ1n) is 8.32. The molecule has 0 aromatic carbocycles. The number of nitrogens with one attached hydrogen (secondary N) is 1. The van der Waals surface area contributed by atoms with Gasteiger partial charge in [-0.2, -0.15) is 0 Å². The first-order valence-corrected chi connectivity index (χ1v) is 8.32. The molecule has 1 saturated heterocycles. The van der Waals surface area contributed by atoms with Crippen LogP contribution in [-0.2, 0) is 4.79 Å². The average molecular weight is 282 g/mol. The fourth-order valence-corrected chi connectivity index (χ4v) is 3.67. The summed E-state index contributed by atoms with van der Waals surface area (Å²) in [4.78, 5) is 14.3. The number of β-amino-alcohol motifs (C(OH)–C–C–N with tert-alkyl or cyclic N) is 1. The van der Waals surface area contributed by atoms with Crippen LogP contribution in [0.3, 0.4) is 0 Å². The second-order valence-electron chi connectivity index (χ2n) is 6.59. The minimum Gasteiger partial charge on any atom is -0.388 e. The monoisotopic (exact) mass is 282 g/mol. The highest BCUT2D eigenvalue weighted by Gasteiger charge is 2.37. The molecule has 0 radical (unpaired) electrons. The number of carbonyl (C=O) groups excluding carboxylic acids is 1. The van der Waals surface area contributed by atoms with Crippen LogP contribution in [0, 0.1) is 5.92 Å². The van der Waals surface area contributed by atoms with Crippen LogP contribution < -0.4 is 5.32 Å². The molecule has 0 bridgehead atoms. The summed E-state index contributed by atoms with van der Waals surface area (Å²) >= 11 is 0. The number of nitrogens with zero attached hydrogens (tertiary/aromatic N) is 1. The maximum Gasteiger partial charge on any atom is 0.239 e. The highest BCUT2D eigenvalue weighted by molar-refractivity contribution is 5.82. The smallest absolute Gasteiger partial charge is 0.239 e. The number of rotatable bonds is 5. The second-order valence-corrected chi connectivity index (χ2v) is 6.59. The van der Waals surface area contributed by atoms with Gasteiger partial charge in [-0.05, 0) is 51.0 Å². The van der Waals surface area contributed by atoms with Gasteiger partial charge in [0.15, 0.2) is 0 Å². The van der Waals surface area contributed by atoms with E-state index in [2.05, 4.69) is 12.2 Å². The van der Waals surface area contributed by atoms with Crippen LogP contribution in [0.2, 0.25) is 0 Å². The molecule has 4 nitrogen and oxygen atoms in total. The quantitative estimate of drug-likeness (QED) is 0.810. The summed E-state index contributed by atoms with van der Waals surface area (Å²) in [6.07, 6.45) is 7.08. The second kappa shape index (κ2) is 6.90. The van der Waals surface area contributed by atoms with Gasteiger partial charge in [-0.15, -0.1) is 0 Å². The van der Waals surface area contributed by atoms with Crippen molar-refractivity contribution in [3.8, 4) is 0 Å². The molecule has 1 amide bonds. The van der Waals surface area contributed by atoms with Gasteiger partial charge in [-0.25, -0.2) is 0 Å². The van der Waals surface area contributed by atoms with E-state index in [1.807, 2.05) is 11.8 Å². The minimum atomic E-state index is -0.643. The van der Waals surface area contributed by atoms with E-state index in [1.54, 1.807) is 0 Å². The molecule has 1 saturated carbocycles. The molecule has 2 fully saturated rings. The van der Waals surface area contributed by atoms with Crippen LogP contribution in [0.5, 0.6) is 0 Å². The molecule has 0 aromatic rings. The molecule has 2 rings (SSSR count). The van der Waals surface area contributed by atoms with Gasteiger partial charge < -0.3 is 15.3 Å². The van der Waals surface area contributed by atoms with E-state index in [0.29, 0.717) is 6.54 Å². The normalized spacial score (nSPS) is 35.4. The first kappa shape index (κ1) is 15.8. The van der Waals surface area contributed by atoms with Crippen molar-refractivity contribution in [1.82, 2.24) is 10.2 Å². The topological polar surface area (TPSA) is 52.6 Å². The summed E-state index contributed by atoms with van der Waals surface area (Å²) in [5.74, 6) is 0.950. The van der Waals surface area contributed by atoms with Crippen molar-refractivity contribution in [2.24, 2.45) is 5.92 Å². The van der Waals surface area contributed by atoms with E-state index < -0.39 is 5.60 Å². The van der Waals surface area contributed by atoms with Crippen LogP contribution >= 0.6 is 0 Å². The maximum absolute atomic E-state index is 12.4. The van der Waals surface area contributed by atoms with Crippen molar-refractivity contribution in [1.29, 1.82) is 0 Å². The fraction of sp³-hybridized carbons (Fsp3) is 0.938. The van der Waals surface area contributed by atoms with Crippen molar-refractivity contribution >= 4 is 5.91 Å². The van der Waals surface area contributed by atoms with Crippen molar-refractivity contribution in [2.45, 2.75) is 70.4 Å². The van der Waals surface area contributed by atoms with E-state index in [0.717, 1.165) is 57.5 Å². The summed E-state index contributed by atoms with van der Waals surface area (Å²) in [5.41, 5.74) is -0.643. The van der Waals surface area contributed by atoms with Gasteiger partial charge in [0.1, 0.15) is 0 Å². The summed E-state index contributed by atoms with van der Waals surface area (Å²) < 4.78 is 0. The first-order chi connectivity index (χ1) is 9.58. The Bertz CT molecular complexity index is 322. The number of amides is 1. The van der Waals surface area contributed by atoms with Gasteiger partial charge in [0.05, 0.1) is 11.6 Å². The SMILES string of the molecule is CCNC1CCCN(CC2(O)CCC(CC)CC2)C1=O. The lowest BCUT2D eigenvalue weighted by atomic mass is 9.77. The molecule has 0 spiro atoms. The van der Waals surface area contributed by atoms with Gasteiger partial charge in [0.2, 0.25) is 5.91 Å². The number of piperidine rings is 1. The number of hydrogen-bond acceptors (Lipinski definition) is 3. The standard InChI is InChI=1S/C16H30N2O2/c1-3-13-7-9-16(20,10-8-13)12-18-11-5-6-14(15(18)19)17-4-2/h13-14,17,20H,3-12H2,1-2H3. The molecule has 0 aromatic heterocycles. The maximum atomic E-state index is 12.4. The lowest BCUT2D eigenvalue weighted by Crippen LogP contribution is -2.55. The molecular weight excluding hydrogens is 252 g/mol. The zero-order chi connectivity index (χ0) is 14.6. The molecule has 1 unspecified atom stereocenters. The van der Waals surface area contributed by atoms with E-state index in [1.165, 1.54) is 6.42 Å². The molecule has 1 aliphatic heterocycles. The van der Waals surface area contributed by atoms with Crippen LogP contribution in [0.1, 0.15) is 58.8 Å².